The zero-order chi connectivity index (χ0) is 8.58. The van der Waals surface area contributed by atoms with E-state index in [-0.39, 0.29) is 0 Å². The van der Waals surface area contributed by atoms with Crippen LogP contribution in [-0.4, -0.2) is 16.0 Å². The maximum atomic E-state index is 11.7. The van der Waals surface area contributed by atoms with Crippen LogP contribution in [0.25, 0.3) is 0 Å². The van der Waals surface area contributed by atoms with E-state index in [0.29, 0.717) is 0 Å². The Morgan fingerprint density at radius 3 is 1.30 bits per heavy atom. The molecule has 0 radical (unpaired) electrons. The van der Waals surface area contributed by atoms with Gasteiger partial charge in [0.15, 0.2) is 0 Å². The van der Waals surface area contributed by atoms with Crippen molar-refractivity contribution in [3.05, 3.63) is 0 Å². The van der Waals surface area contributed by atoms with Crippen LogP contribution in [0.5, 0.6) is 0 Å². The zero-order valence-electron chi connectivity index (χ0n) is 4.09. The highest BCUT2D eigenvalue weighted by Crippen LogP contribution is 2.42. The molecule has 0 N–H and O–H groups in total. The molecule has 62 valence electrons. The summed E-state index contributed by atoms with van der Waals surface area (Å²) in [7, 11) is 0. The lowest BCUT2D eigenvalue weighted by atomic mass is 10.6. The average Bonchev–Trinajstić information content (AvgIpc) is 1.62. The topological polar surface area (TPSA) is 3.24 Å². The number of alkyl halides is 5. The van der Waals surface area contributed by atoms with Crippen LogP contribution in [0, 0.1) is 0 Å². The van der Waals surface area contributed by atoms with Crippen LogP contribution in [0.4, 0.5) is 22.1 Å². The van der Waals surface area contributed by atoms with Crippen molar-refractivity contribution in [3.63, 3.8) is 0 Å². The second-order valence-electron chi connectivity index (χ2n) is 1.27. The van der Waals surface area contributed by atoms with E-state index in [1.165, 1.54) is 0 Å². The molecule has 0 heterocycles. The third kappa shape index (κ3) is 1.83. The molecule has 0 aromatic rings. The van der Waals surface area contributed by atoms with E-state index in [4.69, 9.17) is 0 Å². The molecule has 0 saturated carbocycles. The molecule has 0 aliphatic heterocycles. The molecular formula is C2Cl2F5N. The summed E-state index contributed by atoms with van der Waals surface area (Å²) in [6.45, 7) is 0. The minimum Gasteiger partial charge on any atom is -0.199 e. The molecule has 0 aliphatic carbocycles. The number of hydrogen-bond donors (Lipinski definition) is 0. The van der Waals surface area contributed by atoms with Gasteiger partial charge in [-0.1, -0.05) is 32.2 Å². The van der Waals surface area contributed by atoms with Crippen molar-refractivity contribution in [1.29, 1.82) is 0 Å². The SMILES string of the molecule is FN(F)C(F)(F)C(F)(Cl)Cl. The van der Waals surface area contributed by atoms with Gasteiger partial charge in [0, 0.05) is 0 Å². The summed E-state index contributed by atoms with van der Waals surface area (Å²) in [4.78, 5) is 0. The highest BCUT2D eigenvalue weighted by molar-refractivity contribution is 6.47. The van der Waals surface area contributed by atoms with Crippen LogP contribution in [0.15, 0.2) is 0 Å². The molecule has 0 amide bonds. The van der Waals surface area contributed by atoms with Crippen molar-refractivity contribution in [3.8, 4) is 0 Å². The van der Waals surface area contributed by atoms with Gasteiger partial charge in [-0.15, -0.1) is 0 Å². The number of halogens is 7. The maximum absolute atomic E-state index is 11.7. The molecule has 0 saturated heterocycles. The van der Waals surface area contributed by atoms with Crippen molar-refractivity contribution < 1.29 is 22.1 Å². The largest absolute Gasteiger partial charge is 0.418 e. The molecule has 10 heavy (non-hydrogen) atoms. The summed E-state index contributed by atoms with van der Waals surface area (Å²) in [6, 6.07) is -5.20. The lowest BCUT2D eigenvalue weighted by molar-refractivity contribution is -0.348. The van der Waals surface area contributed by atoms with Crippen LogP contribution in [0.1, 0.15) is 0 Å². The molecule has 0 rings (SSSR count). The van der Waals surface area contributed by atoms with Gasteiger partial charge in [-0.25, -0.2) is 0 Å². The fourth-order valence-corrected chi connectivity index (χ4v) is 0.224. The van der Waals surface area contributed by atoms with Crippen molar-refractivity contribution in [2.75, 3.05) is 0 Å². The summed E-state index contributed by atoms with van der Waals surface area (Å²) in [5.41, 5.74) is 0. The van der Waals surface area contributed by atoms with E-state index in [1.54, 1.807) is 0 Å². The van der Waals surface area contributed by atoms with Gasteiger partial charge in [-0.3, -0.25) is 0 Å². The molecule has 0 aliphatic rings. The summed E-state index contributed by atoms with van der Waals surface area (Å²) < 4.78 is 52.5. The maximum Gasteiger partial charge on any atom is 0.418 e. The third-order valence-corrected chi connectivity index (χ3v) is 1.01. The Balaban J connectivity index is 4.40. The Hall–Kier alpha value is 0.190. The molecule has 8 heteroatoms. The lowest BCUT2D eigenvalue weighted by Gasteiger charge is -2.20. The van der Waals surface area contributed by atoms with E-state index in [9.17, 15) is 22.1 Å². The first-order valence-corrected chi connectivity index (χ1v) is 2.51. The predicted octanol–water partition coefficient (Wildman–Crippen LogP) is 2.75. The Morgan fingerprint density at radius 2 is 1.30 bits per heavy atom. The van der Waals surface area contributed by atoms with Gasteiger partial charge in [0.2, 0.25) is 0 Å². The van der Waals surface area contributed by atoms with E-state index >= 15 is 0 Å². The van der Waals surface area contributed by atoms with Crippen LogP contribution >= 0.6 is 23.2 Å². The molecule has 0 fully saturated rings. The molecule has 0 aromatic carbocycles. The monoisotopic (exact) mass is 203 g/mol. The second-order valence-corrected chi connectivity index (χ2v) is 2.51. The first-order valence-electron chi connectivity index (χ1n) is 1.76. The highest BCUT2D eigenvalue weighted by Gasteiger charge is 2.60. The first kappa shape index (κ1) is 10.2. The van der Waals surface area contributed by atoms with Crippen LogP contribution in [-0.2, 0) is 0 Å². The second kappa shape index (κ2) is 2.67. The molecular weight excluding hydrogens is 204 g/mol. The van der Waals surface area contributed by atoms with Crippen LogP contribution in [0.2, 0.25) is 0 Å². The number of hydrogen-bond acceptors (Lipinski definition) is 1. The average molecular weight is 204 g/mol. The van der Waals surface area contributed by atoms with Crippen LogP contribution < -0.4 is 0 Å². The Labute approximate surface area is 62.2 Å². The molecule has 0 atom stereocenters. The minimum atomic E-state index is -5.20. The van der Waals surface area contributed by atoms with E-state index in [0.717, 1.165) is 0 Å². The molecule has 0 aromatic heterocycles. The van der Waals surface area contributed by atoms with Gasteiger partial charge >= 0.3 is 10.6 Å². The van der Waals surface area contributed by atoms with Crippen molar-refractivity contribution in [2.24, 2.45) is 0 Å². The normalized spacial score (nSPS) is 14.4. The predicted molar refractivity (Wildman–Crippen MR) is 24.5 cm³/mol. The molecule has 0 spiro atoms. The van der Waals surface area contributed by atoms with Gasteiger partial charge in [0.1, 0.15) is 0 Å². The molecule has 0 bridgehead atoms. The number of rotatable bonds is 2. The van der Waals surface area contributed by atoms with Crippen LogP contribution in [0.3, 0.4) is 0 Å². The molecule has 0 unspecified atom stereocenters. The number of nitrogens with zero attached hydrogens (tertiary/aromatic N) is 1. The zero-order valence-corrected chi connectivity index (χ0v) is 5.60. The van der Waals surface area contributed by atoms with E-state index < -0.39 is 16.0 Å². The van der Waals surface area contributed by atoms with Gasteiger partial charge in [-0.2, -0.15) is 13.2 Å². The van der Waals surface area contributed by atoms with Gasteiger partial charge < -0.3 is 0 Å². The summed E-state index contributed by atoms with van der Waals surface area (Å²) in [5, 5.41) is -2.70. The van der Waals surface area contributed by atoms with E-state index in [1.807, 2.05) is 0 Å². The van der Waals surface area contributed by atoms with Gasteiger partial charge in [0.25, 0.3) is 0 Å². The summed E-state index contributed by atoms with van der Waals surface area (Å²) in [6.07, 6.45) is 0. The first-order chi connectivity index (χ1) is 4.19. The highest BCUT2D eigenvalue weighted by atomic mass is 35.5. The van der Waals surface area contributed by atoms with E-state index in [2.05, 4.69) is 23.2 Å². The Morgan fingerprint density at radius 1 is 1.00 bits per heavy atom. The smallest absolute Gasteiger partial charge is 0.199 e. The van der Waals surface area contributed by atoms with Crippen molar-refractivity contribution in [1.82, 2.24) is 5.34 Å². The van der Waals surface area contributed by atoms with Gasteiger partial charge in [-0.05, 0) is 0 Å². The summed E-state index contributed by atoms with van der Waals surface area (Å²) in [5.74, 6) is 0. The third-order valence-electron chi connectivity index (χ3n) is 0.553. The van der Waals surface area contributed by atoms with Gasteiger partial charge in [0.05, 0.1) is 5.34 Å². The fourth-order valence-electron chi connectivity index (χ4n) is 0.0958. The Bertz CT molecular complexity index is 119. The minimum absolute atomic E-state index is 2.70. The lowest BCUT2D eigenvalue weighted by Crippen LogP contribution is -2.43. The van der Waals surface area contributed by atoms with Crippen molar-refractivity contribution in [2.45, 2.75) is 10.6 Å². The Kier molecular flexibility index (Phi) is 2.72. The molecule has 1 nitrogen and oxygen atoms in total. The van der Waals surface area contributed by atoms with Crippen molar-refractivity contribution >= 4 is 23.2 Å². The quantitative estimate of drug-likeness (QED) is 0.289. The fraction of sp³-hybridized carbons (Fsp3) is 1.00. The standard InChI is InChI=1S/C2Cl2F5N/c3-1(4,5)2(6,7)10(8)9. The summed E-state index contributed by atoms with van der Waals surface area (Å²) >= 11 is 8.09.